The Hall–Kier alpha value is -1.57. The molecular weight excluding hydrogens is 250 g/mol. The van der Waals surface area contributed by atoms with Crippen LogP contribution in [-0.4, -0.2) is 37.7 Å². The van der Waals surface area contributed by atoms with Gasteiger partial charge in [-0.25, -0.2) is 0 Å². The minimum atomic E-state index is 0.607. The van der Waals surface area contributed by atoms with E-state index in [9.17, 15) is 0 Å². The first-order chi connectivity index (χ1) is 9.81. The Morgan fingerprint density at radius 3 is 3.15 bits per heavy atom. The van der Waals surface area contributed by atoms with Gasteiger partial charge in [0.25, 0.3) is 0 Å². The number of methoxy groups -OCH3 is 1. The van der Waals surface area contributed by atoms with Crippen LogP contribution in [0.5, 0.6) is 5.75 Å². The molecule has 2 aliphatic heterocycles. The number of ether oxygens (including phenoxy) is 1. The number of hydrogen-bond donors (Lipinski definition) is 1. The van der Waals surface area contributed by atoms with Crippen molar-refractivity contribution in [3.05, 3.63) is 29.3 Å². The Labute approximate surface area is 120 Å². The second kappa shape index (κ2) is 5.82. The number of hydrogen-bond acceptors (Lipinski definition) is 4. The van der Waals surface area contributed by atoms with Gasteiger partial charge in [-0.05, 0) is 49.5 Å². The van der Waals surface area contributed by atoms with Crippen LogP contribution in [0.25, 0.3) is 0 Å². The third kappa shape index (κ3) is 2.52. The van der Waals surface area contributed by atoms with Crippen LogP contribution in [0.15, 0.2) is 18.2 Å². The molecule has 0 aromatic heterocycles. The van der Waals surface area contributed by atoms with Gasteiger partial charge in [0, 0.05) is 19.1 Å². The number of nitriles is 1. The zero-order valence-corrected chi connectivity index (χ0v) is 11.9. The van der Waals surface area contributed by atoms with Crippen molar-refractivity contribution >= 4 is 0 Å². The van der Waals surface area contributed by atoms with Gasteiger partial charge < -0.3 is 10.1 Å². The van der Waals surface area contributed by atoms with E-state index in [-0.39, 0.29) is 0 Å². The molecule has 0 bridgehead atoms. The second-order valence-electron chi connectivity index (χ2n) is 5.74. The standard InChI is InChI=1S/C16H21N3O/c1-20-16-7-12(4-5-13(16)8-17)11-19-6-2-3-14-9-18-10-15(14)19/h4-5,7,14-15,18H,2-3,6,9-11H2,1H3. The monoisotopic (exact) mass is 271 g/mol. The summed E-state index contributed by atoms with van der Waals surface area (Å²) in [5, 5.41) is 12.5. The van der Waals surface area contributed by atoms with Gasteiger partial charge in [0.1, 0.15) is 11.8 Å². The van der Waals surface area contributed by atoms with Crippen molar-refractivity contribution in [3.8, 4) is 11.8 Å². The Balaban J connectivity index is 1.75. The summed E-state index contributed by atoms with van der Waals surface area (Å²) < 4.78 is 5.30. The lowest BCUT2D eigenvalue weighted by Gasteiger charge is -2.37. The number of likely N-dealkylation sites (tertiary alicyclic amines) is 1. The van der Waals surface area contributed by atoms with Crippen molar-refractivity contribution in [1.29, 1.82) is 5.26 Å². The number of nitrogens with one attached hydrogen (secondary N) is 1. The first kappa shape index (κ1) is 13.4. The summed E-state index contributed by atoms with van der Waals surface area (Å²) in [6.45, 7) is 4.39. The lowest BCUT2D eigenvalue weighted by atomic mass is 9.91. The zero-order valence-electron chi connectivity index (χ0n) is 11.9. The molecule has 1 aromatic rings. The van der Waals surface area contributed by atoms with E-state index >= 15 is 0 Å². The smallest absolute Gasteiger partial charge is 0.136 e. The maximum atomic E-state index is 9.04. The second-order valence-corrected chi connectivity index (χ2v) is 5.74. The highest BCUT2D eigenvalue weighted by atomic mass is 16.5. The van der Waals surface area contributed by atoms with Crippen molar-refractivity contribution in [2.75, 3.05) is 26.7 Å². The molecule has 1 N–H and O–H groups in total. The SMILES string of the molecule is COc1cc(CN2CCCC3CNCC32)ccc1C#N. The summed E-state index contributed by atoms with van der Waals surface area (Å²) >= 11 is 0. The van der Waals surface area contributed by atoms with E-state index in [1.54, 1.807) is 7.11 Å². The van der Waals surface area contributed by atoms with Crippen LogP contribution in [0.2, 0.25) is 0 Å². The molecule has 4 nitrogen and oxygen atoms in total. The van der Waals surface area contributed by atoms with Gasteiger partial charge in [0.05, 0.1) is 12.7 Å². The normalized spacial score (nSPS) is 26.0. The molecule has 4 heteroatoms. The summed E-state index contributed by atoms with van der Waals surface area (Å²) in [4.78, 5) is 2.58. The average Bonchev–Trinajstić information content (AvgIpc) is 2.96. The van der Waals surface area contributed by atoms with E-state index in [1.807, 2.05) is 18.2 Å². The van der Waals surface area contributed by atoms with Crippen molar-refractivity contribution in [2.24, 2.45) is 5.92 Å². The summed E-state index contributed by atoms with van der Waals surface area (Å²) in [5.74, 6) is 1.49. The first-order valence-corrected chi connectivity index (χ1v) is 7.33. The highest BCUT2D eigenvalue weighted by Gasteiger charge is 2.34. The van der Waals surface area contributed by atoms with Gasteiger partial charge in [0.2, 0.25) is 0 Å². The van der Waals surface area contributed by atoms with Crippen molar-refractivity contribution < 1.29 is 4.74 Å². The lowest BCUT2D eigenvalue weighted by molar-refractivity contribution is 0.117. The van der Waals surface area contributed by atoms with Gasteiger partial charge >= 0.3 is 0 Å². The predicted octanol–water partition coefficient (Wildman–Crippen LogP) is 1.75. The number of rotatable bonds is 3. The van der Waals surface area contributed by atoms with E-state index in [1.165, 1.54) is 24.9 Å². The van der Waals surface area contributed by atoms with Crippen LogP contribution in [-0.2, 0) is 6.54 Å². The van der Waals surface area contributed by atoms with E-state index < -0.39 is 0 Å². The molecule has 2 aliphatic rings. The fraction of sp³-hybridized carbons (Fsp3) is 0.562. The highest BCUT2D eigenvalue weighted by molar-refractivity contribution is 5.45. The molecule has 0 spiro atoms. The van der Waals surface area contributed by atoms with Crippen LogP contribution in [0.3, 0.4) is 0 Å². The molecule has 0 amide bonds. The summed E-state index contributed by atoms with van der Waals surface area (Å²) in [7, 11) is 1.62. The van der Waals surface area contributed by atoms with Crippen LogP contribution in [0, 0.1) is 17.2 Å². The van der Waals surface area contributed by atoms with Gasteiger partial charge in [0.15, 0.2) is 0 Å². The molecule has 2 heterocycles. The molecular formula is C16H21N3O. The fourth-order valence-electron chi connectivity index (χ4n) is 3.52. The van der Waals surface area contributed by atoms with Crippen LogP contribution in [0.1, 0.15) is 24.0 Å². The Bertz CT molecular complexity index is 523. The molecule has 2 fully saturated rings. The Morgan fingerprint density at radius 2 is 2.35 bits per heavy atom. The summed E-state index contributed by atoms with van der Waals surface area (Å²) in [6, 6.07) is 8.75. The Kier molecular flexibility index (Phi) is 3.90. The van der Waals surface area contributed by atoms with Crippen molar-refractivity contribution in [3.63, 3.8) is 0 Å². The zero-order chi connectivity index (χ0) is 13.9. The number of nitrogens with zero attached hydrogens (tertiary/aromatic N) is 2. The number of fused-ring (bicyclic) bond motifs is 1. The number of piperidine rings is 1. The van der Waals surface area contributed by atoms with E-state index in [0.717, 1.165) is 25.6 Å². The maximum Gasteiger partial charge on any atom is 0.136 e. The van der Waals surface area contributed by atoms with Gasteiger partial charge in [-0.15, -0.1) is 0 Å². The third-order valence-electron chi connectivity index (χ3n) is 4.57. The molecule has 0 aliphatic carbocycles. The molecule has 2 unspecified atom stereocenters. The molecule has 1 aromatic carbocycles. The van der Waals surface area contributed by atoms with Crippen LogP contribution >= 0.6 is 0 Å². The van der Waals surface area contributed by atoms with Crippen molar-refractivity contribution in [1.82, 2.24) is 10.2 Å². The maximum absolute atomic E-state index is 9.04. The fourth-order valence-corrected chi connectivity index (χ4v) is 3.52. The van der Waals surface area contributed by atoms with Crippen LogP contribution < -0.4 is 10.1 Å². The molecule has 3 rings (SSSR count). The van der Waals surface area contributed by atoms with Gasteiger partial charge in [-0.1, -0.05) is 6.07 Å². The molecule has 106 valence electrons. The summed E-state index contributed by atoms with van der Waals surface area (Å²) in [6.07, 6.45) is 2.64. The summed E-state index contributed by atoms with van der Waals surface area (Å²) in [5.41, 5.74) is 1.84. The molecule has 0 radical (unpaired) electrons. The average molecular weight is 271 g/mol. The topological polar surface area (TPSA) is 48.3 Å². The third-order valence-corrected chi connectivity index (χ3v) is 4.57. The largest absolute Gasteiger partial charge is 0.495 e. The Morgan fingerprint density at radius 1 is 1.45 bits per heavy atom. The molecule has 2 saturated heterocycles. The van der Waals surface area contributed by atoms with Crippen molar-refractivity contribution in [2.45, 2.75) is 25.4 Å². The lowest BCUT2D eigenvalue weighted by Crippen LogP contribution is -2.44. The van der Waals surface area contributed by atoms with Gasteiger partial charge in [-0.2, -0.15) is 5.26 Å². The van der Waals surface area contributed by atoms with E-state index in [2.05, 4.69) is 16.3 Å². The van der Waals surface area contributed by atoms with Crippen LogP contribution in [0.4, 0.5) is 0 Å². The molecule has 20 heavy (non-hydrogen) atoms. The quantitative estimate of drug-likeness (QED) is 0.910. The van der Waals surface area contributed by atoms with Gasteiger partial charge in [-0.3, -0.25) is 4.90 Å². The first-order valence-electron chi connectivity index (χ1n) is 7.33. The molecule has 2 atom stereocenters. The number of benzene rings is 1. The van der Waals surface area contributed by atoms with E-state index in [0.29, 0.717) is 17.4 Å². The predicted molar refractivity (Wildman–Crippen MR) is 77.5 cm³/mol. The molecule has 0 saturated carbocycles. The minimum Gasteiger partial charge on any atom is -0.495 e. The highest BCUT2D eigenvalue weighted by Crippen LogP contribution is 2.28. The minimum absolute atomic E-state index is 0.607. The van der Waals surface area contributed by atoms with E-state index in [4.69, 9.17) is 10.00 Å².